The molecule has 0 amide bonds. The maximum atomic E-state index is 12.2. The standard InChI is InChI=1S/C19H15O/c20-18(13-15-7-2-1-3-8-15)14-17-11-6-10-16-9-4-5-12-19(16)17/h1-12,14H,13H2. The van der Waals surface area contributed by atoms with Gasteiger partial charge in [0, 0.05) is 6.42 Å². The van der Waals surface area contributed by atoms with Gasteiger partial charge in [-0.25, -0.2) is 0 Å². The van der Waals surface area contributed by atoms with Crippen LogP contribution in [0.25, 0.3) is 10.8 Å². The quantitative estimate of drug-likeness (QED) is 0.686. The Morgan fingerprint density at radius 3 is 2.35 bits per heavy atom. The van der Waals surface area contributed by atoms with Gasteiger partial charge in [-0.2, -0.15) is 0 Å². The van der Waals surface area contributed by atoms with Gasteiger partial charge < -0.3 is 0 Å². The molecular formula is C19H15O. The molecular weight excluding hydrogens is 244 g/mol. The van der Waals surface area contributed by atoms with E-state index in [-0.39, 0.29) is 5.78 Å². The lowest BCUT2D eigenvalue weighted by Crippen LogP contribution is -2.04. The summed E-state index contributed by atoms with van der Waals surface area (Å²) in [4.78, 5) is 12.2. The van der Waals surface area contributed by atoms with E-state index in [0.717, 1.165) is 21.9 Å². The van der Waals surface area contributed by atoms with Crippen LogP contribution in [-0.2, 0) is 11.2 Å². The van der Waals surface area contributed by atoms with Gasteiger partial charge in [0.25, 0.3) is 0 Å². The summed E-state index contributed by atoms with van der Waals surface area (Å²) in [6, 6.07) is 24.0. The fourth-order valence-electron chi connectivity index (χ4n) is 2.40. The summed E-state index contributed by atoms with van der Waals surface area (Å²) in [7, 11) is 0. The van der Waals surface area contributed by atoms with Crippen LogP contribution in [0.15, 0.2) is 72.8 Å². The van der Waals surface area contributed by atoms with Crippen molar-refractivity contribution in [2.45, 2.75) is 6.42 Å². The number of rotatable bonds is 4. The van der Waals surface area contributed by atoms with Gasteiger partial charge in [-0.3, -0.25) is 4.79 Å². The Hall–Kier alpha value is -2.41. The van der Waals surface area contributed by atoms with Crippen molar-refractivity contribution in [3.63, 3.8) is 0 Å². The highest BCUT2D eigenvalue weighted by atomic mass is 16.1. The van der Waals surface area contributed by atoms with Crippen molar-refractivity contribution < 1.29 is 4.79 Å². The second kappa shape index (κ2) is 5.70. The highest BCUT2D eigenvalue weighted by Crippen LogP contribution is 2.20. The lowest BCUT2D eigenvalue weighted by Gasteiger charge is -2.05. The van der Waals surface area contributed by atoms with E-state index in [2.05, 4.69) is 18.2 Å². The molecule has 97 valence electrons. The van der Waals surface area contributed by atoms with Gasteiger partial charge in [0.05, 0.1) is 6.42 Å². The van der Waals surface area contributed by atoms with E-state index in [4.69, 9.17) is 0 Å². The Morgan fingerprint density at radius 2 is 1.50 bits per heavy atom. The van der Waals surface area contributed by atoms with Crippen molar-refractivity contribution in [2.75, 3.05) is 0 Å². The van der Waals surface area contributed by atoms with E-state index in [0.29, 0.717) is 6.42 Å². The number of benzene rings is 3. The Morgan fingerprint density at radius 1 is 0.800 bits per heavy atom. The fourth-order valence-corrected chi connectivity index (χ4v) is 2.40. The summed E-state index contributed by atoms with van der Waals surface area (Å²) >= 11 is 0. The first-order valence-corrected chi connectivity index (χ1v) is 6.72. The van der Waals surface area contributed by atoms with Crippen LogP contribution in [0.1, 0.15) is 11.1 Å². The van der Waals surface area contributed by atoms with Crippen LogP contribution in [0.3, 0.4) is 0 Å². The molecule has 0 aliphatic carbocycles. The zero-order chi connectivity index (χ0) is 13.8. The van der Waals surface area contributed by atoms with Crippen LogP contribution >= 0.6 is 0 Å². The molecule has 0 spiro atoms. The van der Waals surface area contributed by atoms with Crippen LogP contribution in [0, 0.1) is 6.42 Å². The minimum Gasteiger partial charge on any atom is -0.299 e. The highest BCUT2D eigenvalue weighted by molar-refractivity contribution is 5.98. The molecule has 1 heteroatoms. The van der Waals surface area contributed by atoms with Gasteiger partial charge in [-0.1, -0.05) is 72.8 Å². The van der Waals surface area contributed by atoms with Gasteiger partial charge in [-0.05, 0) is 21.9 Å². The lowest BCUT2D eigenvalue weighted by molar-refractivity contribution is -0.115. The van der Waals surface area contributed by atoms with E-state index >= 15 is 0 Å². The predicted molar refractivity (Wildman–Crippen MR) is 82.5 cm³/mol. The number of carbonyl (C=O) groups excluding carboxylic acids is 1. The van der Waals surface area contributed by atoms with Crippen LogP contribution in [0.2, 0.25) is 0 Å². The van der Waals surface area contributed by atoms with Crippen molar-refractivity contribution >= 4 is 16.6 Å². The average molecular weight is 259 g/mol. The summed E-state index contributed by atoms with van der Waals surface area (Å²) in [5, 5.41) is 2.28. The third-order valence-corrected chi connectivity index (χ3v) is 3.36. The second-order valence-electron chi connectivity index (χ2n) is 4.84. The van der Waals surface area contributed by atoms with Crippen molar-refractivity contribution in [2.24, 2.45) is 0 Å². The lowest BCUT2D eigenvalue weighted by atomic mass is 9.98. The number of hydrogen-bond donors (Lipinski definition) is 0. The summed E-state index contributed by atoms with van der Waals surface area (Å²) in [6.45, 7) is 0. The third-order valence-electron chi connectivity index (χ3n) is 3.36. The molecule has 0 fully saturated rings. The monoisotopic (exact) mass is 259 g/mol. The number of fused-ring (bicyclic) bond motifs is 1. The van der Waals surface area contributed by atoms with E-state index < -0.39 is 0 Å². The van der Waals surface area contributed by atoms with Gasteiger partial charge >= 0.3 is 0 Å². The molecule has 3 aromatic carbocycles. The fraction of sp³-hybridized carbons (Fsp3) is 0.0526. The Kier molecular flexibility index (Phi) is 3.60. The normalized spacial score (nSPS) is 10.6. The highest BCUT2D eigenvalue weighted by Gasteiger charge is 2.08. The maximum Gasteiger partial charge on any atom is 0.145 e. The molecule has 0 atom stereocenters. The summed E-state index contributed by atoms with van der Waals surface area (Å²) in [5.74, 6) is 0.132. The molecule has 0 N–H and O–H groups in total. The molecule has 0 saturated heterocycles. The SMILES string of the molecule is O=C([CH]c1cccc2ccccc12)Cc1ccccc1. The smallest absolute Gasteiger partial charge is 0.145 e. The number of carbonyl (C=O) groups is 1. The minimum absolute atomic E-state index is 0.132. The zero-order valence-corrected chi connectivity index (χ0v) is 11.1. The molecule has 0 heterocycles. The molecule has 0 aromatic heterocycles. The number of hydrogen-bond acceptors (Lipinski definition) is 1. The first kappa shape index (κ1) is 12.6. The Bertz CT molecular complexity index is 724. The largest absolute Gasteiger partial charge is 0.299 e. The van der Waals surface area contributed by atoms with Gasteiger partial charge in [0.2, 0.25) is 0 Å². The molecule has 0 aliphatic heterocycles. The van der Waals surface area contributed by atoms with Crippen molar-refractivity contribution in [3.05, 3.63) is 90.3 Å². The van der Waals surface area contributed by atoms with Crippen LogP contribution in [-0.4, -0.2) is 5.78 Å². The van der Waals surface area contributed by atoms with Crippen molar-refractivity contribution in [3.8, 4) is 0 Å². The summed E-state index contributed by atoms with van der Waals surface area (Å²) in [5.41, 5.74) is 2.04. The minimum atomic E-state index is 0.132. The molecule has 3 aromatic rings. The second-order valence-corrected chi connectivity index (χ2v) is 4.84. The van der Waals surface area contributed by atoms with Crippen LogP contribution < -0.4 is 0 Å². The molecule has 1 radical (unpaired) electrons. The predicted octanol–water partition coefficient (Wildman–Crippen LogP) is 4.20. The first-order chi connectivity index (χ1) is 9.83. The molecule has 1 nitrogen and oxygen atoms in total. The van der Waals surface area contributed by atoms with E-state index in [1.165, 1.54) is 0 Å². The molecule has 0 saturated carbocycles. The number of Topliss-reactive ketones (excluding diaryl/α,β-unsaturated/α-hetero) is 1. The van der Waals surface area contributed by atoms with Crippen molar-refractivity contribution in [1.82, 2.24) is 0 Å². The molecule has 0 aliphatic rings. The first-order valence-electron chi connectivity index (χ1n) is 6.72. The summed E-state index contributed by atoms with van der Waals surface area (Å²) in [6.07, 6.45) is 2.19. The van der Waals surface area contributed by atoms with E-state index in [1.807, 2.05) is 54.6 Å². The molecule has 3 rings (SSSR count). The third kappa shape index (κ3) is 2.77. The maximum absolute atomic E-state index is 12.2. The van der Waals surface area contributed by atoms with E-state index in [9.17, 15) is 4.79 Å². The summed E-state index contributed by atoms with van der Waals surface area (Å²) < 4.78 is 0. The van der Waals surface area contributed by atoms with Gasteiger partial charge in [0.1, 0.15) is 5.78 Å². The zero-order valence-electron chi connectivity index (χ0n) is 11.1. The van der Waals surface area contributed by atoms with Crippen LogP contribution in [0.5, 0.6) is 0 Å². The topological polar surface area (TPSA) is 17.1 Å². The van der Waals surface area contributed by atoms with Gasteiger partial charge in [0.15, 0.2) is 0 Å². The van der Waals surface area contributed by atoms with Crippen molar-refractivity contribution in [1.29, 1.82) is 0 Å². The average Bonchev–Trinajstić information content (AvgIpc) is 2.48. The Balaban J connectivity index is 1.81. The Labute approximate surface area is 118 Å². The molecule has 20 heavy (non-hydrogen) atoms. The molecule has 0 bridgehead atoms. The van der Waals surface area contributed by atoms with Gasteiger partial charge in [-0.15, -0.1) is 0 Å². The van der Waals surface area contributed by atoms with Crippen LogP contribution in [0.4, 0.5) is 0 Å². The molecule has 0 unspecified atom stereocenters. The number of ketones is 1. The van der Waals surface area contributed by atoms with E-state index in [1.54, 1.807) is 6.42 Å².